The van der Waals surface area contributed by atoms with E-state index in [9.17, 15) is 0 Å². The van der Waals surface area contributed by atoms with E-state index in [1.165, 1.54) is 5.56 Å². The lowest BCUT2D eigenvalue weighted by Crippen LogP contribution is -2.02. The molecular formula is C14H15N5. The molecule has 0 radical (unpaired) electrons. The number of nitrogens with zero attached hydrogens (tertiary/aromatic N) is 4. The molecule has 0 saturated carbocycles. The van der Waals surface area contributed by atoms with Gasteiger partial charge in [0.05, 0.1) is 24.0 Å². The Labute approximate surface area is 111 Å². The van der Waals surface area contributed by atoms with Crippen LogP contribution in [0.25, 0.3) is 10.9 Å². The van der Waals surface area contributed by atoms with Gasteiger partial charge in [-0.3, -0.25) is 4.98 Å². The Morgan fingerprint density at radius 1 is 1.26 bits per heavy atom. The molecule has 1 aromatic carbocycles. The van der Waals surface area contributed by atoms with Gasteiger partial charge in [-0.05, 0) is 24.6 Å². The number of pyridine rings is 1. The van der Waals surface area contributed by atoms with Crippen molar-refractivity contribution in [3.05, 3.63) is 53.5 Å². The minimum absolute atomic E-state index is 0.413. The summed E-state index contributed by atoms with van der Waals surface area (Å²) in [5.41, 5.74) is 9.56. The summed E-state index contributed by atoms with van der Waals surface area (Å²) >= 11 is 0. The molecule has 0 atom stereocenters. The van der Waals surface area contributed by atoms with Crippen molar-refractivity contribution >= 4 is 10.9 Å². The van der Waals surface area contributed by atoms with Crippen LogP contribution in [0, 0.1) is 6.92 Å². The van der Waals surface area contributed by atoms with E-state index in [0.29, 0.717) is 13.1 Å². The Bertz CT molecular complexity index is 717. The standard InChI is InChI=1S/C14H15N5/c1-10-6-11(8-19-9-12(7-15)17-18-19)13-4-2-3-5-14(13)16-10/h2-6,9H,7-8,15H2,1H3. The van der Waals surface area contributed by atoms with Gasteiger partial charge in [0.15, 0.2) is 0 Å². The third-order valence-corrected chi connectivity index (χ3v) is 3.06. The lowest BCUT2D eigenvalue weighted by Gasteiger charge is -2.07. The van der Waals surface area contributed by atoms with Crippen molar-refractivity contribution in [1.29, 1.82) is 0 Å². The fraction of sp³-hybridized carbons (Fsp3) is 0.214. The first-order valence-electron chi connectivity index (χ1n) is 6.20. The Morgan fingerprint density at radius 3 is 2.89 bits per heavy atom. The number of aryl methyl sites for hydroxylation is 1. The lowest BCUT2D eigenvalue weighted by atomic mass is 10.1. The predicted octanol–water partition coefficient (Wildman–Crippen LogP) is 1.64. The molecule has 0 unspecified atom stereocenters. The first-order valence-corrected chi connectivity index (χ1v) is 6.20. The summed E-state index contributed by atoms with van der Waals surface area (Å²) in [4.78, 5) is 4.53. The molecule has 5 heteroatoms. The highest BCUT2D eigenvalue weighted by Crippen LogP contribution is 2.18. The third kappa shape index (κ3) is 2.32. The largest absolute Gasteiger partial charge is 0.325 e. The molecule has 2 aromatic heterocycles. The Kier molecular flexibility index (Phi) is 2.97. The van der Waals surface area contributed by atoms with Gasteiger partial charge in [-0.15, -0.1) is 5.10 Å². The van der Waals surface area contributed by atoms with Crippen molar-refractivity contribution in [2.75, 3.05) is 0 Å². The second kappa shape index (κ2) is 4.78. The second-order valence-electron chi connectivity index (χ2n) is 4.55. The van der Waals surface area contributed by atoms with Crippen LogP contribution in [0.5, 0.6) is 0 Å². The van der Waals surface area contributed by atoms with Crippen molar-refractivity contribution in [2.45, 2.75) is 20.0 Å². The van der Waals surface area contributed by atoms with Gasteiger partial charge in [0.2, 0.25) is 0 Å². The van der Waals surface area contributed by atoms with Gasteiger partial charge in [-0.25, -0.2) is 4.68 Å². The van der Waals surface area contributed by atoms with Crippen LogP contribution in [0.2, 0.25) is 0 Å². The number of aromatic nitrogens is 4. The van der Waals surface area contributed by atoms with Crippen molar-refractivity contribution in [1.82, 2.24) is 20.0 Å². The topological polar surface area (TPSA) is 69.6 Å². The lowest BCUT2D eigenvalue weighted by molar-refractivity contribution is 0.651. The van der Waals surface area contributed by atoms with Gasteiger partial charge >= 0.3 is 0 Å². The van der Waals surface area contributed by atoms with Crippen LogP contribution in [0.4, 0.5) is 0 Å². The highest BCUT2D eigenvalue weighted by Gasteiger charge is 2.06. The average Bonchev–Trinajstić information content (AvgIpc) is 2.86. The average molecular weight is 253 g/mol. The SMILES string of the molecule is Cc1cc(Cn2cc(CN)nn2)c2ccccc2n1. The highest BCUT2D eigenvalue weighted by molar-refractivity contribution is 5.82. The number of benzene rings is 1. The number of nitrogens with two attached hydrogens (primary N) is 1. The highest BCUT2D eigenvalue weighted by atomic mass is 15.4. The molecule has 96 valence electrons. The van der Waals surface area contributed by atoms with E-state index in [1.807, 2.05) is 36.0 Å². The quantitative estimate of drug-likeness (QED) is 0.770. The summed E-state index contributed by atoms with van der Waals surface area (Å²) in [5.74, 6) is 0. The zero-order chi connectivity index (χ0) is 13.2. The van der Waals surface area contributed by atoms with Gasteiger partial charge in [0.25, 0.3) is 0 Å². The van der Waals surface area contributed by atoms with E-state index in [0.717, 1.165) is 22.3 Å². The maximum atomic E-state index is 5.55. The van der Waals surface area contributed by atoms with Crippen LogP contribution in [-0.4, -0.2) is 20.0 Å². The van der Waals surface area contributed by atoms with Crippen LogP contribution >= 0.6 is 0 Å². The normalized spacial score (nSPS) is 11.1. The van der Waals surface area contributed by atoms with Gasteiger partial charge in [-0.2, -0.15) is 0 Å². The molecular weight excluding hydrogens is 238 g/mol. The zero-order valence-electron chi connectivity index (χ0n) is 10.7. The molecule has 3 aromatic rings. The summed E-state index contributed by atoms with van der Waals surface area (Å²) in [6.45, 7) is 3.09. The van der Waals surface area contributed by atoms with E-state index >= 15 is 0 Å². The fourth-order valence-corrected chi connectivity index (χ4v) is 2.21. The molecule has 2 N–H and O–H groups in total. The van der Waals surface area contributed by atoms with Gasteiger partial charge in [-0.1, -0.05) is 23.4 Å². The maximum absolute atomic E-state index is 5.55. The third-order valence-electron chi connectivity index (χ3n) is 3.06. The number of hydrogen-bond donors (Lipinski definition) is 1. The molecule has 0 fully saturated rings. The molecule has 0 amide bonds. The van der Waals surface area contributed by atoms with Crippen LogP contribution < -0.4 is 5.73 Å². The van der Waals surface area contributed by atoms with Gasteiger partial charge < -0.3 is 5.73 Å². The summed E-state index contributed by atoms with van der Waals surface area (Å²) in [6, 6.07) is 10.2. The van der Waals surface area contributed by atoms with Crippen molar-refractivity contribution in [3.63, 3.8) is 0 Å². The van der Waals surface area contributed by atoms with Crippen LogP contribution in [0.1, 0.15) is 17.0 Å². The fourth-order valence-electron chi connectivity index (χ4n) is 2.21. The first-order chi connectivity index (χ1) is 9.26. The molecule has 0 aliphatic heterocycles. The van der Waals surface area contributed by atoms with Crippen LogP contribution in [0.3, 0.4) is 0 Å². The molecule has 0 aliphatic carbocycles. The predicted molar refractivity (Wildman–Crippen MR) is 73.5 cm³/mol. The number of hydrogen-bond acceptors (Lipinski definition) is 4. The molecule has 2 heterocycles. The minimum Gasteiger partial charge on any atom is -0.325 e. The second-order valence-corrected chi connectivity index (χ2v) is 4.55. The van der Waals surface area contributed by atoms with E-state index in [1.54, 1.807) is 0 Å². The first kappa shape index (κ1) is 11.8. The Hall–Kier alpha value is -2.27. The Balaban J connectivity index is 2.04. The van der Waals surface area contributed by atoms with Crippen molar-refractivity contribution < 1.29 is 0 Å². The maximum Gasteiger partial charge on any atom is 0.0962 e. The van der Waals surface area contributed by atoms with E-state index in [2.05, 4.69) is 27.4 Å². The summed E-state index contributed by atoms with van der Waals surface area (Å²) in [6.07, 6.45) is 1.88. The summed E-state index contributed by atoms with van der Waals surface area (Å²) in [7, 11) is 0. The van der Waals surface area contributed by atoms with Gasteiger partial charge in [0.1, 0.15) is 0 Å². The number of fused-ring (bicyclic) bond motifs is 1. The Morgan fingerprint density at radius 2 is 2.11 bits per heavy atom. The molecule has 0 bridgehead atoms. The van der Waals surface area contributed by atoms with E-state index in [4.69, 9.17) is 5.73 Å². The smallest absolute Gasteiger partial charge is 0.0962 e. The number of rotatable bonds is 3. The van der Waals surface area contributed by atoms with Gasteiger partial charge in [0, 0.05) is 17.6 Å². The van der Waals surface area contributed by atoms with E-state index in [-0.39, 0.29) is 0 Å². The molecule has 3 rings (SSSR count). The zero-order valence-corrected chi connectivity index (χ0v) is 10.7. The molecule has 0 aliphatic rings. The molecule has 0 saturated heterocycles. The summed E-state index contributed by atoms with van der Waals surface area (Å²) in [5, 5.41) is 9.24. The van der Waals surface area contributed by atoms with Crippen LogP contribution in [-0.2, 0) is 13.1 Å². The monoisotopic (exact) mass is 253 g/mol. The van der Waals surface area contributed by atoms with Crippen LogP contribution in [0.15, 0.2) is 36.5 Å². The number of para-hydroxylation sites is 1. The summed E-state index contributed by atoms with van der Waals surface area (Å²) < 4.78 is 1.81. The van der Waals surface area contributed by atoms with Crippen molar-refractivity contribution in [3.8, 4) is 0 Å². The molecule has 5 nitrogen and oxygen atoms in total. The molecule has 19 heavy (non-hydrogen) atoms. The van der Waals surface area contributed by atoms with Crippen molar-refractivity contribution in [2.24, 2.45) is 5.73 Å². The molecule has 0 spiro atoms. The van der Waals surface area contributed by atoms with E-state index < -0.39 is 0 Å². The minimum atomic E-state index is 0.413.